The predicted octanol–water partition coefficient (Wildman–Crippen LogP) is 3.86. The fourth-order valence-corrected chi connectivity index (χ4v) is 6.40. The van der Waals surface area contributed by atoms with Gasteiger partial charge in [0, 0.05) is 40.0 Å². The van der Waals surface area contributed by atoms with Gasteiger partial charge in [-0.05, 0) is 71.8 Å². The largest absolute Gasteiger partial charge is 0.508 e. The molecule has 0 aliphatic carbocycles. The van der Waals surface area contributed by atoms with Crippen LogP contribution in [0.25, 0.3) is 21.5 Å². The fraction of sp³-hybridized carbons (Fsp3) is 0.235. The van der Waals surface area contributed by atoms with Crippen molar-refractivity contribution in [3.8, 4) is 11.5 Å². The van der Waals surface area contributed by atoms with E-state index < -0.39 is 0 Å². The second-order valence-electron chi connectivity index (χ2n) is 11.7. The zero-order chi connectivity index (χ0) is 31.2. The molecule has 6 radical (unpaired) electrons. The van der Waals surface area contributed by atoms with Gasteiger partial charge in [0.25, 0.3) is 23.6 Å². The molecule has 0 fully saturated rings. The van der Waals surface area contributed by atoms with Crippen molar-refractivity contribution in [2.24, 2.45) is 21.8 Å². The van der Waals surface area contributed by atoms with E-state index in [1.54, 1.807) is 66.1 Å². The Labute approximate surface area is 268 Å². The number of carbonyl (C=O) groups is 4. The Balaban J connectivity index is 0.000000174. The highest BCUT2D eigenvalue weighted by Gasteiger charge is 2.45. The monoisotopic (exact) mass is 610 g/mol. The van der Waals surface area contributed by atoms with Crippen LogP contribution in [0.5, 0.6) is 11.5 Å². The standard InChI is InChI=1S/2C17H14N2O3.2B/c1-8-9(2)19-15(18-16(8)21)14-12(17(19)22)6-4-10-3-5-11(20)7-13(10)14;1-8-9(2)19-15(18-16(8)21)12-6-4-10-3-5-11(20)7-13(10)14(12)17(19)22;;/h2*3-9,20H,1-2H3;;/t2*8-,9+;;/m10../s1. The first kappa shape index (κ1) is 32.2. The molecule has 4 atom stereocenters. The SMILES string of the molecule is C[C@@H]1C(=O)N=C2c3ccc4ccc(O)cc4c3C(=O)N2[C@@H]1C.C[C@H]1C(=O)N=C2c3c(ccc4ccc(O)cc34)C(=O)N2[C@H]1C.[B].[B]. The van der Waals surface area contributed by atoms with Gasteiger partial charge in [-0.3, -0.25) is 29.0 Å². The first-order chi connectivity index (χ1) is 21.0. The number of amidine groups is 2. The molecule has 0 spiro atoms. The molecule has 12 heteroatoms. The Kier molecular flexibility index (Phi) is 7.88. The number of aliphatic imine (C=N–C) groups is 2. The summed E-state index contributed by atoms with van der Waals surface area (Å²) in [7, 11) is 0. The lowest BCUT2D eigenvalue weighted by atomic mass is 9.98. The second-order valence-corrected chi connectivity index (χ2v) is 11.7. The minimum absolute atomic E-state index is 0. The summed E-state index contributed by atoms with van der Waals surface area (Å²) in [6.07, 6.45) is 0. The molecule has 0 bridgehead atoms. The summed E-state index contributed by atoms with van der Waals surface area (Å²) in [5.74, 6) is -0.264. The number of hydrogen-bond donors (Lipinski definition) is 2. The highest BCUT2D eigenvalue weighted by molar-refractivity contribution is 6.31. The zero-order valence-electron chi connectivity index (χ0n) is 25.6. The maximum atomic E-state index is 12.9. The van der Waals surface area contributed by atoms with Gasteiger partial charge in [0.1, 0.15) is 23.2 Å². The highest BCUT2D eigenvalue weighted by Crippen LogP contribution is 2.38. The summed E-state index contributed by atoms with van der Waals surface area (Å²) in [5, 5.41) is 22.7. The number of phenolic OH excluding ortho intramolecular Hbond substituents is 2. The molecule has 0 aromatic heterocycles. The van der Waals surface area contributed by atoms with Crippen LogP contribution in [0.1, 0.15) is 59.5 Å². The van der Waals surface area contributed by atoms with Crippen molar-refractivity contribution in [1.82, 2.24) is 9.80 Å². The molecule has 0 unspecified atom stereocenters. The summed E-state index contributed by atoms with van der Waals surface area (Å²) >= 11 is 0. The van der Waals surface area contributed by atoms with Gasteiger partial charge in [-0.15, -0.1) is 0 Å². The molecule has 4 aromatic carbocycles. The lowest BCUT2D eigenvalue weighted by Gasteiger charge is -2.32. The molecule has 4 aliphatic heterocycles. The summed E-state index contributed by atoms with van der Waals surface area (Å²) in [4.78, 5) is 61.1. The number of benzene rings is 4. The van der Waals surface area contributed by atoms with Crippen molar-refractivity contribution in [3.05, 3.63) is 82.9 Å². The van der Waals surface area contributed by atoms with E-state index in [-0.39, 0.29) is 75.9 Å². The third-order valence-corrected chi connectivity index (χ3v) is 9.29. The molecule has 4 aliphatic rings. The van der Waals surface area contributed by atoms with Crippen LogP contribution in [0.2, 0.25) is 0 Å². The van der Waals surface area contributed by atoms with Crippen molar-refractivity contribution in [1.29, 1.82) is 0 Å². The van der Waals surface area contributed by atoms with E-state index in [1.165, 1.54) is 0 Å². The van der Waals surface area contributed by atoms with E-state index in [0.29, 0.717) is 39.3 Å². The van der Waals surface area contributed by atoms with Crippen LogP contribution in [0.15, 0.2) is 70.6 Å². The Morgan fingerprint density at radius 3 is 1.54 bits per heavy atom. The summed E-state index contributed by atoms with van der Waals surface area (Å²) in [6.45, 7) is 7.29. The Morgan fingerprint density at radius 2 is 1.00 bits per heavy atom. The second kappa shape index (κ2) is 11.3. The third kappa shape index (κ3) is 4.50. The van der Waals surface area contributed by atoms with Gasteiger partial charge in [-0.2, -0.15) is 9.98 Å². The maximum absolute atomic E-state index is 12.9. The van der Waals surface area contributed by atoms with Crippen molar-refractivity contribution in [2.45, 2.75) is 39.8 Å². The molecule has 4 amide bonds. The van der Waals surface area contributed by atoms with E-state index in [1.807, 2.05) is 32.0 Å². The minimum atomic E-state index is -0.318. The van der Waals surface area contributed by atoms with Crippen LogP contribution in [-0.2, 0) is 9.59 Å². The van der Waals surface area contributed by atoms with Crippen LogP contribution < -0.4 is 0 Å². The molecule has 8 rings (SSSR count). The van der Waals surface area contributed by atoms with Gasteiger partial charge in [0.2, 0.25) is 0 Å². The Hall–Kier alpha value is -5.25. The van der Waals surface area contributed by atoms with Gasteiger partial charge in [0.15, 0.2) is 0 Å². The molecule has 4 aromatic rings. The lowest BCUT2D eigenvalue weighted by Crippen LogP contribution is -2.48. The number of hydrogen-bond acceptors (Lipinski definition) is 6. The number of rotatable bonds is 0. The van der Waals surface area contributed by atoms with E-state index in [0.717, 1.165) is 16.2 Å². The van der Waals surface area contributed by atoms with Gasteiger partial charge >= 0.3 is 0 Å². The lowest BCUT2D eigenvalue weighted by molar-refractivity contribution is -0.123. The number of amides is 4. The van der Waals surface area contributed by atoms with Crippen LogP contribution in [-0.4, -0.2) is 84.2 Å². The molecule has 2 N–H and O–H groups in total. The van der Waals surface area contributed by atoms with Crippen molar-refractivity contribution in [2.75, 3.05) is 0 Å². The van der Waals surface area contributed by atoms with Gasteiger partial charge in [-0.1, -0.05) is 38.1 Å². The summed E-state index contributed by atoms with van der Waals surface area (Å²) in [5.41, 5.74) is 2.35. The molecule has 46 heavy (non-hydrogen) atoms. The normalized spacial score (nSPS) is 22.5. The van der Waals surface area contributed by atoms with Gasteiger partial charge < -0.3 is 10.2 Å². The third-order valence-electron chi connectivity index (χ3n) is 9.29. The molecule has 10 nitrogen and oxygen atoms in total. The predicted molar refractivity (Wildman–Crippen MR) is 175 cm³/mol. The summed E-state index contributed by atoms with van der Waals surface area (Å²) in [6, 6.07) is 16.8. The first-order valence-corrected chi connectivity index (χ1v) is 14.4. The van der Waals surface area contributed by atoms with E-state index >= 15 is 0 Å². The molecule has 4 heterocycles. The van der Waals surface area contributed by atoms with E-state index in [9.17, 15) is 29.4 Å². The van der Waals surface area contributed by atoms with Crippen LogP contribution in [0, 0.1) is 11.8 Å². The topological polar surface area (TPSA) is 140 Å². The van der Waals surface area contributed by atoms with E-state index in [2.05, 4.69) is 9.98 Å². The fourth-order valence-electron chi connectivity index (χ4n) is 6.40. The highest BCUT2D eigenvalue weighted by atomic mass is 16.3. The minimum Gasteiger partial charge on any atom is -0.508 e. The van der Waals surface area contributed by atoms with Crippen molar-refractivity contribution in [3.63, 3.8) is 0 Å². The Morgan fingerprint density at radius 1 is 0.565 bits per heavy atom. The number of fused-ring (bicyclic) bond motifs is 10. The zero-order valence-corrected chi connectivity index (χ0v) is 25.6. The van der Waals surface area contributed by atoms with Gasteiger partial charge in [-0.25, -0.2) is 0 Å². The Bertz CT molecular complexity index is 2070. The maximum Gasteiger partial charge on any atom is 0.261 e. The molecular weight excluding hydrogens is 582 g/mol. The average Bonchev–Trinajstić information content (AvgIpc) is 3.45. The smallest absolute Gasteiger partial charge is 0.261 e. The number of aromatic hydroxyl groups is 2. The van der Waals surface area contributed by atoms with Crippen LogP contribution in [0.4, 0.5) is 0 Å². The average molecular weight is 610 g/mol. The molecular formula is C34H28B2N4O6. The molecule has 0 saturated carbocycles. The van der Waals surface area contributed by atoms with Crippen LogP contribution >= 0.6 is 0 Å². The number of carbonyl (C=O) groups excluding carboxylic acids is 4. The molecule has 0 saturated heterocycles. The van der Waals surface area contributed by atoms with E-state index in [4.69, 9.17) is 0 Å². The first-order valence-electron chi connectivity index (χ1n) is 14.4. The summed E-state index contributed by atoms with van der Waals surface area (Å²) < 4.78 is 0. The van der Waals surface area contributed by atoms with Crippen molar-refractivity contribution >= 4 is 73.7 Å². The van der Waals surface area contributed by atoms with Gasteiger partial charge in [0.05, 0.1) is 23.0 Å². The van der Waals surface area contributed by atoms with Crippen molar-refractivity contribution < 1.29 is 29.4 Å². The molecule has 226 valence electrons. The number of phenols is 2. The quantitative estimate of drug-likeness (QED) is 0.290. The number of nitrogens with zero attached hydrogens (tertiary/aromatic N) is 4. The van der Waals surface area contributed by atoms with Crippen LogP contribution in [0.3, 0.4) is 0 Å².